The highest BCUT2D eigenvalue weighted by atomic mass is 32.2. The fraction of sp³-hybridized carbons (Fsp3) is 0.250. The number of nitrogens with one attached hydrogen (secondary N) is 1. The van der Waals surface area contributed by atoms with E-state index in [-0.39, 0.29) is 22.3 Å². The Balaban J connectivity index is 1.86. The van der Waals surface area contributed by atoms with E-state index in [0.29, 0.717) is 18.9 Å². The molecule has 0 fully saturated rings. The molecule has 0 saturated carbocycles. The van der Waals surface area contributed by atoms with E-state index in [1.165, 1.54) is 19.2 Å². The fourth-order valence-electron chi connectivity index (χ4n) is 3.07. The van der Waals surface area contributed by atoms with E-state index in [0.717, 1.165) is 16.2 Å². The first kappa shape index (κ1) is 21.1. The summed E-state index contributed by atoms with van der Waals surface area (Å²) in [7, 11) is -2.66. The molecule has 154 valence electrons. The lowest BCUT2D eigenvalue weighted by Crippen LogP contribution is -2.25. The van der Waals surface area contributed by atoms with Crippen molar-refractivity contribution in [2.45, 2.75) is 23.9 Å². The maximum atomic E-state index is 13.4. The third-order valence-electron chi connectivity index (χ3n) is 4.61. The minimum atomic E-state index is -4.78. The summed E-state index contributed by atoms with van der Waals surface area (Å²) >= 11 is 0. The summed E-state index contributed by atoms with van der Waals surface area (Å²) in [6.07, 6.45) is -3.57. The van der Waals surface area contributed by atoms with E-state index < -0.39 is 27.3 Å². The van der Waals surface area contributed by atoms with Gasteiger partial charge in [0.05, 0.1) is 16.0 Å². The molecular formula is C20H19F3N2O3S. The van der Waals surface area contributed by atoms with Gasteiger partial charge in [-0.1, -0.05) is 30.3 Å². The molecule has 1 N–H and O–H groups in total. The van der Waals surface area contributed by atoms with Crippen LogP contribution in [-0.2, 0) is 29.7 Å². The standard InChI is InChI=1S/C20H19F3N2O3S/c1-25-18-10-9-15(12-16(18)17(13-19(25)26)20(21,22)23)29(27,28)24-11-5-8-14-6-3-2-4-7-14/h2-4,6-7,9-10,12-13,24H,5,8,11H2,1H3. The van der Waals surface area contributed by atoms with Gasteiger partial charge in [0, 0.05) is 25.0 Å². The van der Waals surface area contributed by atoms with Crippen LogP contribution < -0.4 is 10.3 Å². The quantitative estimate of drug-likeness (QED) is 0.616. The molecule has 3 rings (SSSR count). The summed E-state index contributed by atoms with van der Waals surface area (Å²) in [4.78, 5) is 11.5. The summed E-state index contributed by atoms with van der Waals surface area (Å²) in [6, 6.07) is 13.4. The van der Waals surface area contributed by atoms with Crippen LogP contribution in [0, 0.1) is 0 Å². The first-order valence-corrected chi connectivity index (χ1v) is 10.3. The van der Waals surface area contributed by atoms with Crippen molar-refractivity contribution in [2.24, 2.45) is 7.05 Å². The first-order chi connectivity index (χ1) is 13.6. The molecule has 0 radical (unpaired) electrons. The molecule has 0 aliphatic carbocycles. The van der Waals surface area contributed by atoms with E-state index >= 15 is 0 Å². The number of nitrogens with zero attached hydrogens (tertiary/aromatic N) is 1. The highest BCUT2D eigenvalue weighted by Gasteiger charge is 2.34. The van der Waals surface area contributed by atoms with Gasteiger partial charge in [0.25, 0.3) is 5.56 Å². The molecule has 0 unspecified atom stereocenters. The van der Waals surface area contributed by atoms with Crippen molar-refractivity contribution in [3.05, 3.63) is 76.1 Å². The van der Waals surface area contributed by atoms with E-state index in [1.807, 2.05) is 30.3 Å². The van der Waals surface area contributed by atoms with Crippen LogP contribution in [0.25, 0.3) is 10.9 Å². The van der Waals surface area contributed by atoms with E-state index in [2.05, 4.69) is 4.72 Å². The first-order valence-electron chi connectivity index (χ1n) is 8.84. The predicted octanol–water partition coefficient (Wildman–Crippen LogP) is 3.47. The van der Waals surface area contributed by atoms with Crippen molar-refractivity contribution in [3.8, 4) is 0 Å². The predicted molar refractivity (Wildman–Crippen MR) is 104 cm³/mol. The van der Waals surface area contributed by atoms with Gasteiger partial charge in [0.15, 0.2) is 0 Å². The summed E-state index contributed by atoms with van der Waals surface area (Å²) < 4.78 is 68.6. The van der Waals surface area contributed by atoms with Crippen LogP contribution in [0.4, 0.5) is 13.2 Å². The summed E-state index contributed by atoms with van der Waals surface area (Å²) in [5.41, 5.74) is -0.905. The molecule has 0 aliphatic heterocycles. The minimum absolute atomic E-state index is 0.00727. The lowest BCUT2D eigenvalue weighted by atomic mass is 10.1. The van der Waals surface area contributed by atoms with Gasteiger partial charge in [-0.25, -0.2) is 13.1 Å². The second-order valence-electron chi connectivity index (χ2n) is 6.62. The van der Waals surface area contributed by atoms with Crippen molar-refractivity contribution in [1.29, 1.82) is 0 Å². The second-order valence-corrected chi connectivity index (χ2v) is 8.39. The number of hydrogen-bond acceptors (Lipinski definition) is 3. The van der Waals surface area contributed by atoms with Gasteiger partial charge in [-0.05, 0) is 36.6 Å². The zero-order valence-corrected chi connectivity index (χ0v) is 16.3. The minimum Gasteiger partial charge on any atom is -0.311 e. The number of aromatic nitrogens is 1. The van der Waals surface area contributed by atoms with Gasteiger partial charge in [0.1, 0.15) is 0 Å². The third-order valence-corrected chi connectivity index (χ3v) is 6.07. The fourth-order valence-corrected chi connectivity index (χ4v) is 4.17. The molecule has 3 aromatic rings. The van der Waals surface area contributed by atoms with Crippen LogP contribution in [0.3, 0.4) is 0 Å². The van der Waals surface area contributed by atoms with Crippen LogP contribution in [0.2, 0.25) is 0 Å². The van der Waals surface area contributed by atoms with Crippen molar-refractivity contribution in [1.82, 2.24) is 9.29 Å². The smallest absolute Gasteiger partial charge is 0.311 e. The number of fused-ring (bicyclic) bond motifs is 1. The van der Waals surface area contributed by atoms with Gasteiger partial charge in [-0.2, -0.15) is 13.2 Å². The Hall–Kier alpha value is -2.65. The Morgan fingerprint density at radius 3 is 2.38 bits per heavy atom. The molecule has 5 nitrogen and oxygen atoms in total. The molecule has 1 aromatic heterocycles. The zero-order chi connectivity index (χ0) is 21.2. The highest BCUT2D eigenvalue weighted by Crippen LogP contribution is 2.34. The van der Waals surface area contributed by atoms with E-state index in [4.69, 9.17) is 0 Å². The molecule has 0 aliphatic rings. The largest absolute Gasteiger partial charge is 0.417 e. The van der Waals surface area contributed by atoms with Gasteiger partial charge in [0.2, 0.25) is 10.0 Å². The lowest BCUT2D eigenvalue weighted by molar-refractivity contribution is -0.136. The molecule has 9 heteroatoms. The molecule has 29 heavy (non-hydrogen) atoms. The topological polar surface area (TPSA) is 68.2 Å². The molecule has 0 bridgehead atoms. The van der Waals surface area contributed by atoms with Crippen molar-refractivity contribution >= 4 is 20.9 Å². The second kappa shape index (κ2) is 8.00. The number of aryl methyl sites for hydroxylation is 2. The Labute approximate surface area is 165 Å². The van der Waals surface area contributed by atoms with Gasteiger partial charge < -0.3 is 4.57 Å². The van der Waals surface area contributed by atoms with Gasteiger partial charge in [-0.3, -0.25) is 4.79 Å². The summed E-state index contributed by atoms with van der Waals surface area (Å²) in [5.74, 6) is 0. The third kappa shape index (κ3) is 4.68. The molecule has 0 atom stereocenters. The molecule has 2 aromatic carbocycles. The maximum absolute atomic E-state index is 13.4. The maximum Gasteiger partial charge on any atom is 0.417 e. The van der Waals surface area contributed by atoms with Gasteiger partial charge in [-0.15, -0.1) is 0 Å². The van der Waals surface area contributed by atoms with Crippen molar-refractivity contribution in [3.63, 3.8) is 0 Å². The normalized spacial score (nSPS) is 12.4. The number of benzene rings is 2. The van der Waals surface area contributed by atoms with Crippen LogP contribution in [-0.4, -0.2) is 19.5 Å². The Bertz CT molecular complexity index is 1190. The Morgan fingerprint density at radius 1 is 1.03 bits per heavy atom. The van der Waals surface area contributed by atoms with Crippen molar-refractivity contribution in [2.75, 3.05) is 6.54 Å². The number of sulfonamides is 1. The SMILES string of the molecule is Cn1c(=O)cc(C(F)(F)F)c2cc(S(=O)(=O)NCCCc3ccccc3)ccc21. The zero-order valence-electron chi connectivity index (χ0n) is 15.5. The monoisotopic (exact) mass is 424 g/mol. The summed E-state index contributed by atoms with van der Waals surface area (Å²) in [6.45, 7) is 0.147. The molecule has 0 spiro atoms. The molecular weight excluding hydrogens is 405 g/mol. The van der Waals surface area contributed by atoms with Crippen LogP contribution >= 0.6 is 0 Å². The molecule has 0 saturated heterocycles. The summed E-state index contributed by atoms with van der Waals surface area (Å²) in [5, 5.41) is -0.341. The van der Waals surface area contributed by atoms with E-state index in [9.17, 15) is 26.4 Å². The highest BCUT2D eigenvalue weighted by molar-refractivity contribution is 7.89. The molecule has 1 heterocycles. The number of pyridine rings is 1. The van der Waals surface area contributed by atoms with Crippen LogP contribution in [0.1, 0.15) is 17.5 Å². The lowest BCUT2D eigenvalue weighted by Gasteiger charge is -2.14. The average Bonchev–Trinajstić information content (AvgIpc) is 2.67. The van der Waals surface area contributed by atoms with E-state index in [1.54, 1.807) is 0 Å². The molecule has 0 amide bonds. The van der Waals surface area contributed by atoms with Crippen LogP contribution in [0.5, 0.6) is 0 Å². The number of hydrogen-bond donors (Lipinski definition) is 1. The average molecular weight is 424 g/mol. The number of halogens is 3. The number of rotatable bonds is 6. The Morgan fingerprint density at radius 2 is 1.72 bits per heavy atom. The van der Waals surface area contributed by atoms with Crippen molar-refractivity contribution < 1.29 is 21.6 Å². The number of alkyl halides is 3. The van der Waals surface area contributed by atoms with Gasteiger partial charge >= 0.3 is 6.18 Å². The Kier molecular flexibility index (Phi) is 5.81. The van der Waals surface area contributed by atoms with Crippen LogP contribution in [0.15, 0.2) is 64.3 Å².